The second-order valence-corrected chi connectivity index (χ2v) is 7.05. The number of hydrogen-bond donors (Lipinski definition) is 2. The molecule has 0 aliphatic heterocycles. The van der Waals surface area contributed by atoms with Gasteiger partial charge in [-0.25, -0.2) is 4.79 Å². The van der Waals surface area contributed by atoms with Gasteiger partial charge in [0.1, 0.15) is 12.4 Å². The third-order valence-corrected chi connectivity index (χ3v) is 5.66. The summed E-state index contributed by atoms with van der Waals surface area (Å²) in [5.74, 6) is 0.192. The summed E-state index contributed by atoms with van der Waals surface area (Å²) in [4.78, 5) is 25.4. The summed E-state index contributed by atoms with van der Waals surface area (Å²) in [5, 5.41) is 6.52. The van der Waals surface area contributed by atoms with Crippen LogP contribution in [0.1, 0.15) is 35.4 Å². The average Bonchev–Trinajstić information content (AvgIpc) is 2.98. The molecule has 8 heteroatoms. The number of H-pyrrole nitrogens is 1. The Morgan fingerprint density at radius 2 is 2.17 bits per heavy atom. The van der Waals surface area contributed by atoms with E-state index in [0.29, 0.717) is 23.7 Å². The number of ether oxygens (including phenoxy) is 1. The van der Waals surface area contributed by atoms with Crippen LogP contribution in [-0.4, -0.2) is 33.6 Å². The van der Waals surface area contributed by atoms with E-state index >= 15 is 0 Å². The van der Waals surface area contributed by atoms with Crippen LogP contribution in [-0.2, 0) is 6.61 Å². The highest BCUT2D eigenvalue weighted by molar-refractivity contribution is 8.00. The number of hydrogen-bond acceptors (Lipinski definition) is 6. The van der Waals surface area contributed by atoms with Crippen LogP contribution in [0.3, 0.4) is 0 Å². The Balaban J connectivity index is 1.51. The van der Waals surface area contributed by atoms with Crippen LogP contribution in [0.25, 0.3) is 0 Å². The Labute approximate surface area is 143 Å². The van der Waals surface area contributed by atoms with E-state index in [1.165, 1.54) is 6.42 Å². The minimum Gasteiger partial charge on any atom is -0.486 e. The van der Waals surface area contributed by atoms with Crippen molar-refractivity contribution >= 4 is 17.7 Å². The molecule has 1 fully saturated rings. The quantitative estimate of drug-likeness (QED) is 0.793. The Morgan fingerprint density at radius 3 is 2.71 bits per heavy atom. The van der Waals surface area contributed by atoms with Gasteiger partial charge in [0.05, 0.1) is 0 Å². The molecule has 1 aromatic carbocycles. The number of aromatic nitrogens is 2. The fourth-order valence-electron chi connectivity index (χ4n) is 2.54. The lowest BCUT2D eigenvalue weighted by molar-refractivity contribution is 0.0944. The number of carbonyl (C=O) groups excluding carboxylic acids is 1. The largest absolute Gasteiger partial charge is 0.486 e. The zero-order valence-electron chi connectivity index (χ0n) is 13.3. The lowest BCUT2D eigenvalue weighted by atomic mass is 9.84. The van der Waals surface area contributed by atoms with Gasteiger partial charge in [0.25, 0.3) is 5.91 Å². The Morgan fingerprint density at radius 1 is 1.42 bits per heavy atom. The van der Waals surface area contributed by atoms with E-state index in [-0.39, 0.29) is 17.3 Å². The Hall–Kier alpha value is -2.22. The van der Waals surface area contributed by atoms with Crippen molar-refractivity contribution < 1.29 is 14.1 Å². The molecule has 0 bridgehead atoms. The molecule has 0 radical (unpaired) electrons. The van der Waals surface area contributed by atoms with Crippen LogP contribution < -0.4 is 15.8 Å². The van der Waals surface area contributed by atoms with Crippen LogP contribution in [0, 0.1) is 0 Å². The lowest BCUT2D eigenvalue weighted by Gasteiger charge is -2.40. The molecule has 1 heterocycles. The molecule has 24 heavy (non-hydrogen) atoms. The van der Waals surface area contributed by atoms with Gasteiger partial charge in [0.15, 0.2) is 5.82 Å². The molecule has 128 valence electrons. The molecular formula is C16H19N3O4S. The molecule has 3 rings (SSSR count). The molecule has 2 aromatic rings. The number of carbonyl (C=O) groups is 1. The molecule has 0 saturated heterocycles. The topological polar surface area (TPSA) is 97.2 Å². The van der Waals surface area contributed by atoms with Gasteiger partial charge < -0.3 is 10.1 Å². The Bertz CT molecular complexity index is 744. The molecule has 7 nitrogen and oxygen atoms in total. The highest BCUT2D eigenvalue weighted by Gasteiger charge is 2.36. The van der Waals surface area contributed by atoms with Gasteiger partial charge in [-0.3, -0.25) is 14.3 Å². The maximum atomic E-state index is 12.2. The molecule has 1 aliphatic rings. The number of rotatable bonds is 7. The van der Waals surface area contributed by atoms with Crippen molar-refractivity contribution in [3.8, 4) is 5.75 Å². The van der Waals surface area contributed by atoms with Crippen molar-refractivity contribution in [3.05, 3.63) is 46.2 Å². The van der Waals surface area contributed by atoms with Crippen molar-refractivity contribution in [2.75, 3.05) is 12.8 Å². The van der Waals surface area contributed by atoms with E-state index in [9.17, 15) is 9.59 Å². The van der Waals surface area contributed by atoms with Gasteiger partial charge in [-0.1, -0.05) is 11.6 Å². The van der Waals surface area contributed by atoms with E-state index in [4.69, 9.17) is 4.74 Å². The average molecular weight is 349 g/mol. The predicted octanol–water partition coefficient (Wildman–Crippen LogP) is 1.96. The van der Waals surface area contributed by atoms with Crippen LogP contribution in [0.15, 0.2) is 33.6 Å². The third-order valence-electron chi connectivity index (χ3n) is 4.25. The van der Waals surface area contributed by atoms with E-state index in [1.54, 1.807) is 24.3 Å². The number of benzene rings is 1. The van der Waals surface area contributed by atoms with Crippen molar-refractivity contribution in [3.63, 3.8) is 0 Å². The van der Waals surface area contributed by atoms with Gasteiger partial charge >= 0.3 is 5.76 Å². The summed E-state index contributed by atoms with van der Waals surface area (Å²) < 4.78 is 10.1. The summed E-state index contributed by atoms with van der Waals surface area (Å²) in [6, 6.07) is 6.84. The van der Waals surface area contributed by atoms with Gasteiger partial charge in [0, 0.05) is 16.9 Å². The summed E-state index contributed by atoms with van der Waals surface area (Å²) in [7, 11) is 0. The fourth-order valence-corrected chi connectivity index (χ4v) is 3.46. The highest BCUT2D eigenvalue weighted by Crippen LogP contribution is 2.42. The third kappa shape index (κ3) is 3.81. The van der Waals surface area contributed by atoms with Gasteiger partial charge in [-0.05, 0) is 43.4 Å². The first-order chi connectivity index (χ1) is 11.6. The number of nitrogens with one attached hydrogen (secondary N) is 2. The maximum absolute atomic E-state index is 12.2. The van der Waals surface area contributed by atoms with Gasteiger partial charge in [-0.15, -0.1) is 0 Å². The molecule has 0 spiro atoms. The van der Waals surface area contributed by atoms with Gasteiger partial charge in [0.2, 0.25) is 0 Å². The van der Waals surface area contributed by atoms with Gasteiger partial charge in [-0.2, -0.15) is 11.8 Å². The minimum atomic E-state index is -0.616. The summed E-state index contributed by atoms with van der Waals surface area (Å²) in [6.07, 6.45) is 5.65. The van der Waals surface area contributed by atoms with Crippen LogP contribution in [0.5, 0.6) is 5.75 Å². The standard InChI is InChI=1S/C16H19N3O4S/c1-24-16(7-2-8-16)10-17-14(20)11-3-5-12(6-4-11)22-9-13-18-15(21)23-19-13/h3-6H,2,7-10H2,1H3,(H,17,20)(H,18,19,21). The molecule has 1 aliphatic carbocycles. The van der Waals surface area contributed by atoms with E-state index in [2.05, 4.69) is 26.2 Å². The monoisotopic (exact) mass is 349 g/mol. The van der Waals surface area contributed by atoms with Crippen LogP contribution in [0.2, 0.25) is 0 Å². The fraction of sp³-hybridized carbons (Fsp3) is 0.438. The number of amides is 1. The van der Waals surface area contributed by atoms with E-state index in [0.717, 1.165) is 12.8 Å². The van der Waals surface area contributed by atoms with Crippen molar-refractivity contribution in [2.45, 2.75) is 30.6 Å². The molecule has 1 saturated carbocycles. The highest BCUT2D eigenvalue weighted by atomic mass is 32.2. The smallest absolute Gasteiger partial charge is 0.439 e. The zero-order chi connectivity index (χ0) is 17.0. The normalized spacial score (nSPS) is 15.5. The first kappa shape index (κ1) is 16.6. The molecule has 1 amide bonds. The van der Waals surface area contributed by atoms with E-state index in [1.807, 2.05) is 11.8 Å². The summed E-state index contributed by atoms with van der Waals surface area (Å²) in [5.41, 5.74) is 0.591. The number of nitrogens with zero attached hydrogens (tertiary/aromatic N) is 1. The van der Waals surface area contributed by atoms with Crippen LogP contribution >= 0.6 is 11.8 Å². The Kier molecular flexibility index (Phi) is 4.94. The van der Waals surface area contributed by atoms with Crippen molar-refractivity contribution in [1.82, 2.24) is 15.5 Å². The van der Waals surface area contributed by atoms with Crippen molar-refractivity contribution in [1.29, 1.82) is 0 Å². The first-order valence-corrected chi connectivity index (χ1v) is 8.94. The molecule has 2 N–H and O–H groups in total. The summed E-state index contributed by atoms with van der Waals surface area (Å²) in [6.45, 7) is 0.790. The molecule has 0 atom stereocenters. The second kappa shape index (κ2) is 7.12. The summed E-state index contributed by atoms with van der Waals surface area (Å²) >= 11 is 1.83. The molecule has 1 aromatic heterocycles. The lowest BCUT2D eigenvalue weighted by Crippen LogP contribution is -2.45. The minimum absolute atomic E-state index is 0.0808. The van der Waals surface area contributed by atoms with Crippen molar-refractivity contribution in [2.24, 2.45) is 0 Å². The SMILES string of the molecule is CSC1(CNC(=O)c2ccc(OCc3noc(=O)[nH]3)cc2)CCC1. The predicted molar refractivity (Wildman–Crippen MR) is 90.3 cm³/mol. The molecular weight excluding hydrogens is 330 g/mol. The molecule has 0 unspecified atom stereocenters. The number of aromatic amines is 1. The maximum Gasteiger partial charge on any atom is 0.439 e. The first-order valence-electron chi connectivity index (χ1n) is 7.71. The van der Waals surface area contributed by atoms with E-state index < -0.39 is 5.76 Å². The number of thioether (sulfide) groups is 1. The zero-order valence-corrected chi connectivity index (χ0v) is 14.1. The second-order valence-electron chi connectivity index (χ2n) is 5.78. The van der Waals surface area contributed by atoms with Crippen LogP contribution in [0.4, 0.5) is 0 Å².